The first kappa shape index (κ1) is 14.5. The molecule has 18 heavy (non-hydrogen) atoms. The molecule has 5 nitrogen and oxygen atoms in total. The second kappa shape index (κ2) is 4.60. The third kappa shape index (κ3) is 3.22. The molecule has 1 aliphatic rings. The Morgan fingerprint density at radius 1 is 1.50 bits per heavy atom. The average Bonchev–Trinajstić information content (AvgIpc) is 2.19. The van der Waals surface area contributed by atoms with Crippen LogP contribution in [0.3, 0.4) is 0 Å². The van der Waals surface area contributed by atoms with Crippen LogP contribution in [0.15, 0.2) is 0 Å². The summed E-state index contributed by atoms with van der Waals surface area (Å²) in [5.74, 6) is -0.869. The van der Waals surface area contributed by atoms with Crippen LogP contribution in [0, 0.1) is 22.7 Å². The summed E-state index contributed by atoms with van der Waals surface area (Å²) < 4.78 is 5.26. The molecule has 0 aromatic carbocycles. The molecule has 1 saturated heterocycles. The molecule has 0 N–H and O–H groups in total. The third-order valence-corrected chi connectivity index (χ3v) is 2.78. The van der Waals surface area contributed by atoms with E-state index in [0.29, 0.717) is 6.54 Å². The maximum absolute atomic E-state index is 12.0. The number of carbonyl (C=O) groups excluding carboxylic acids is 2. The van der Waals surface area contributed by atoms with Crippen LogP contribution in [0.1, 0.15) is 34.6 Å². The predicted molar refractivity (Wildman–Crippen MR) is 65.7 cm³/mol. The summed E-state index contributed by atoms with van der Waals surface area (Å²) >= 11 is 0. The van der Waals surface area contributed by atoms with Gasteiger partial charge >= 0.3 is 6.09 Å². The highest BCUT2D eigenvalue weighted by molar-refractivity contribution is 5.90. The highest BCUT2D eigenvalue weighted by Gasteiger charge is 2.43. The second-order valence-corrected chi connectivity index (χ2v) is 6.29. The molecule has 0 bridgehead atoms. The number of hydrogen-bond acceptors (Lipinski definition) is 4. The molecule has 0 radical (unpaired) electrons. The molecule has 1 atom stereocenters. The van der Waals surface area contributed by atoms with E-state index in [0.717, 1.165) is 0 Å². The maximum Gasteiger partial charge on any atom is 0.410 e. The zero-order valence-electron chi connectivity index (χ0n) is 11.6. The maximum atomic E-state index is 12.0. The number of piperidine rings is 1. The van der Waals surface area contributed by atoms with Crippen molar-refractivity contribution < 1.29 is 14.3 Å². The second-order valence-electron chi connectivity index (χ2n) is 6.29. The van der Waals surface area contributed by atoms with Gasteiger partial charge in [-0.25, -0.2) is 4.79 Å². The number of ketones is 1. The molecule has 1 fully saturated rings. The van der Waals surface area contributed by atoms with Gasteiger partial charge in [-0.1, -0.05) is 13.8 Å². The fourth-order valence-corrected chi connectivity index (χ4v) is 1.96. The van der Waals surface area contributed by atoms with Crippen molar-refractivity contribution in [2.45, 2.75) is 40.2 Å². The minimum Gasteiger partial charge on any atom is -0.444 e. The van der Waals surface area contributed by atoms with Crippen LogP contribution in [0.4, 0.5) is 4.79 Å². The Morgan fingerprint density at radius 2 is 2.06 bits per heavy atom. The van der Waals surface area contributed by atoms with Gasteiger partial charge in [-0.15, -0.1) is 0 Å². The van der Waals surface area contributed by atoms with E-state index in [1.807, 2.05) is 6.07 Å². The first-order chi connectivity index (χ1) is 8.07. The van der Waals surface area contributed by atoms with Crippen molar-refractivity contribution in [3.05, 3.63) is 0 Å². The van der Waals surface area contributed by atoms with Gasteiger partial charge in [0.25, 0.3) is 0 Å². The van der Waals surface area contributed by atoms with Crippen molar-refractivity contribution in [1.82, 2.24) is 4.90 Å². The zero-order valence-corrected chi connectivity index (χ0v) is 11.6. The standard InChI is InChI=1S/C13H20N2O3/c1-12(2,3)18-11(17)15-7-9(6-14)10(16)13(4,5)8-15/h9H,7-8H2,1-5H3. The van der Waals surface area contributed by atoms with Gasteiger partial charge < -0.3 is 9.64 Å². The fraction of sp³-hybridized carbons (Fsp3) is 0.769. The number of rotatable bonds is 0. The van der Waals surface area contributed by atoms with Gasteiger partial charge in [0.05, 0.1) is 6.07 Å². The minimum absolute atomic E-state index is 0.107. The first-order valence-electron chi connectivity index (χ1n) is 5.99. The van der Waals surface area contributed by atoms with Gasteiger partial charge in [-0.05, 0) is 20.8 Å². The van der Waals surface area contributed by atoms with Crippen molar-refractivity contribution in [2.75, 3.05) is 13.1 Å². The number of amides is 1. The number of carbonyl (C=O) groups is 2. The lowest BCUT2D eigenvalue weighted by Crippen LogP contribution is -2.54. The van der Waals surface area contributed by atoms with Crippen molar-refractivity contribution in [3.8, 4) is 6.07 Å². The Balaban J connectivity index is 2.84. The van der Waals surface area contributed by atoms with E-state index in [4.69, 9.17) is 10.00 Å². The molecule has 100 valence electrons. The average molecular weight is 252 g/mol. The number of Topliss-reactive ketones (excluding diaryl/α,β-unsaturated/α-hetero) is 1. The molecule has 0 aromatic rings. The monoisotopic (exact) mass is 252 g/mol. The van der Waals surface area contributed by atoms with E-state index in [9.17, 15) is 9.59 Å². The van der Waals surface area contributed by atoms with Gasteiger partial charge in [0.1, 0.15) is 11.5 Å². The van der Waals surface area contributed by atoms with Crippen LogP contribution in [0.5, 0.6) is 0 Å². The number of ether oxygens (including phenoxy) is 1. The van der Waals surface area contributed by atoms with Crippen molar-refractivity contribution >= 4 is 11.9 Å². The molecule has 1 amide bonds. The van der Waals surface area contributed by atoms with Gasteiger partial charge in [0.15, 0.2) is 5.78 Å². The van der Waals surface area contributed by atoms with Gasteiger partial charge in [-0.2, -0.15) is 5.26 Å². The van der Waals surface area contributed by atoms with E-state index in [2.05, 4.69) is 0 Å². The van der Waals surface area contributed by atoms with Crippen molar-refractivity contribution in [1.29, 1.82) is 5.26 Å². The Morgan fingerprint density at radius 3 is 2.50 bits per heavy atom. The lowest BCUT2D eigenvalue weighted by atomic mass is 9.78. The van der Waals surface area contributed by atoms with Gasteiger partial charge in [0.2, 0.25) is 0 Å². The predicted octanol–water partition coefficient (Wildman–Crippen LogP) is 1.97. The summed E-state index contributed by atoms with van der Waals surface area (Å²) in [5, 5.41) is 8.98. The van der Waals surface area contributed by atoms with E-state index in [1.54, 1.807) is 34.6 Å². The summed E-state index contributed by atoms with van der Waals surface area (Å²) in [7, 11) is 0. The SMILES string of the molecule is CC(C)(C)OC(=O)N1CC(C#N)C(=O)C(C)(C)C1. The number of hydrogen-bond donors (Lipinski definition) is 0. The van der Waals surface area contributed by atoms with Crippen LogP contribution in [-0.4, -0.2) is 35.5 Å². The van der Waals surface area contributed by atoms with Crippen LogP contribution in [-0.2, 0) is 9.53 Å². The first-order valence-corrected chi connectivity index (χ1v) is 5.99. The van der Waals surface area contributed by atoms with Crippen LogP contribution >= 0.6 is 0 Å². The zero-order chi connectivity index (χ0) is 14.1. The number of nitrogens with zero attached hydrogens (tertiary/aromatic N) is 2. The molecule has 0 aliphatic carbocycles. The van der Waals surface area contributed by atoms with Crippen LogP contribution < -0.4 is 0 Å². The molecular formula is C13H20N2O3. The van der Waals surface area contributed by atoms with E-state index in [-0.39, 0.29) is 12.3 Å². The molecule has 0 aromatic heterocycles. The van der Waals surface area contributed by atoms with Crippen molar-refractivity contribution in [3.63, 3.8) is 0 Å². The summed E-state index contributed by atoms with van der Waals surface area (Å²) in [5.41, 5.74) is -1.28. The lowest BCUT2D eigenvalue weighted by Gasteiger charge is -2.39. The normalized spacial score (nSPS) is 23.4. The van der Waals surface area contributed by atoms with E-state index in [1.165, 1.54) is 4.90 Å². The van der Waals surface area contributed by atoms with Gasteiger partial charge in [0, 0.05) is 18.5 Å². The Labute approximate surface area is 108 Å². The highest BCUT2D eigenvalue weighted by Crippen LogP contribution is 2.29. The van der Waals surface area contributed by atoms with E-state index >= 15 is 0 Å². The molecule has 1 heterocycles. The fourth-order valence-electron chi connectivity index (χ4n) is 1.96. The van der Waals surface area contributed by atoms with Crippen LogP contribution in [0.25, 0.3) is 0 Å². The quantitative estimate of drug-likeness (QED) is 0.661. The summed E-state index contributed by atoms with van der Waals surface area (Å²) in [6.07, 6.45) is -0.469. The molecule has 1 rings (SSSR count). The molecule has 5 heteroatoms. The van der Waals surface area contributed by atoms with Crippen LogP contribution in [0.2, 0.25) is 0 Å². The topological polar surface area (TPSA) is 70.4 Å². The largest absolute Gasteiger partial charge is 0.444 e. The summed E-state index contributed by atoms with van der Waals surface area (Å²) in [6, 6.07) is 1.96. The molecule has 1 aliphatic heterocycles. The van der Waals surface area contributed by atoms with Gasteiger partial charge in [-0.3, -0.25) is 4.79 Å². The molecule has 0 spiro atoms. The summed E-state index contributed by atoms with van der Waals surface area (Å²) in [4.78, 5) is 25.3. The lowest BCUT2D eigenvalue weighted by molar-refractivity contribution is -0.134. The number of likely N-dealkylation sites (tertiary alicyclic amines) is 1. The number of nitriles is 1. The molecule has 1 unspecified atom stereocenters. The Kier molecular flexibility index (Phi) is 3.70. The molecule has 0 saturated carbocycles. The van der Waals surface area contributed by atoms with E-state index < -0.39 is 23.0 Å². The Hall–Kier alpha value is -1.57. The smallest absolute Gasteiger partial charge is 0.410 e. The highest BCUT2D eigenvalue weighted by atomic mass is 16.6. The molecular weight excluding hydrogens is 232 g/mol. The third-order valence-electron chi connectivity index (χ3n) is 2.78. The van der Waals surface area contributed by atoms with Crippen molar-refractivity contribution in [2.24, 2.45) is 11.3 Å². The minimum atomic E-state index is -0.763. The Bertz CT molecular complexity index is 401. The summed E-state index contributed by atoms with van der Waals surface area (Å²) in [6.45, 7) is 9.26.